The molecule has 2 bridgehead atoms. The molecule has 1 aromatic carbocycles. The zero-order chi connectivity index (χ0) is 19.6. The number of phenols is 2. The van der Waals surface area contributed by atoms with Gasteiger partial charge in [-0.25, -0.2) is 0 Å². The van der Waals surface area contributed by atoms with E-state index < -0.39 is 23.3 Å². The molecule has 2 heterocycles. The van der Waals surface area contributed by atoms with Crippen molar-refractivity contribution in [1.82, 2.24) is 0 Å². The van der Waals surface area contributed by atoms with E-state index in [-0.39, 0.29) is 41.9 Å². The zero-order valence-electron chi connectivity index (χ0n) is 15.9. The fourth-order valence-electron chi connectivity index (χ4n) is 6.99. The number of aliphatic hydroxyl groups excluding tert-OH is 1. The molecule has 2 aliphatic heterocycles. The molecule has 1 unspecified atom stereocenters. The number of aliphatic hydroxyl groups is 2. The van der Waals surface area contributed by atoms with Crippen molar-refractivity contribution in [2.45, 2.75) is 67.9 Å². The average molecular weight is 388 g/mol. The number of aromatic hydroxyl groups is 2. The third-order valence-corrected chi connectivity index (χ3v) is 8.49. The molecule has 1 spiro atoms. The second-order valence-corrected chi connectivity index (χ2v) is 9.83. The molecule has 3 fully saturated rings. The van der Waals surface area contributed by atoms with E-state index in [1.807, 2.05) is 7.05 Å². The van der Waals surface area contributed by atoms with Crippen LogP contribution in [-0.4, -0.2) is 68.3 Å². The Labute approximate surface area is 162 Å². The van der Waals surface area contributed by atoms with Gasteiger partial charge < -0.3 is 25.2 Å². The lowest BCUT2D eigenvalue weighted by molar-refractivity contribution is -0.992. The van der Waals surface area contributed by atoms with Gasteiger partial charge in [0.1, 0.15) is 17.4 Å². The molecular weight excluding hydrogens is 362 g/mol. The Bertz CT molecular complexity index is 928. The van der Waals surface area contributed by atoms with Crippen molar-refractivity contribution in [3.8, 4) is 17.2 Å². The van der Waals surface area contributed by atoms with E-state index in [0.29, 0.717) is 34.4 Å². The third-order valence-electron chi connectivity index (χ3n) is 8.49. The number of phenolic OH excluding ortho intramolecular Hbond substituents is 2. The molecule has 1 saturated heterocycles. The summed E-state index contributed by atoms with van der Waals surface area (Å²) in [6.45, 7) is 0.782. The van der Waals surface area contributed by atoms with Gasteiger partial charge in [0.2, 0.25) is 0 Å². The summed E-state index contributed by atoms with van der Waals surface area (Å²) in [5.41, 5.74) is -1.16. The smallest absolute Gasteiger partial charge is 0.191 e. The minimum absolute atomic E-state index is 0.0284. The quantitative estimate of drug-likeness (QED) is 0.556. The summed E-state index contributed by atoms with van der Waals surface area (Å²) < 4.78 is 6.30. The van der Waals surface area contributed by atoms with Gasteiger partial charge in [-0.3, -0.25) is 9.28 Å². The largest absolute Gasteiger partial charge is 0.508 e. The molecule has 7 nitrogen and oxygen atoms in total. The number of benzene rings is 1. The number of piperidine rings is 1. The number of hydrogen-bond donors (Lipinski definition) is 4. The molecule has 1 aromatic rings. The van der Waals surface area contributed by atoms with Gasteiger partial charge in [-0.15, -0.1) is 0 Å². The molecule has 0 radical (unpaired) electrons. The number of nitrogens with zero attached hydrogens (tertiary/aromatic N) is 1. The summed E-state index contributed by atoms with van der Waals surface area (Å²) in [6.07, 6.45) is 1.71. The molecule has 7 heteroatoms. The zero-order valence-corrected chi connectivity index (χ0v) is 15.9. The topological polar surface area (TPSA) is 107 Å². The van der Waals surface area contributed by atoms with Crippen LogP contribution in [0.1, 0.15) is 43.2 Å². The van der Waals surface area contributed by atoms with Crippen LogP contribution in [0.4, 0.5) is 0 Å². The third kappa shape index (κ3) is 1.67. The van der Waals surface area contributed by atoms with Crippen LogP contribution in [0.15, 0.2) is 6.07 Å². The minimum atomic E-state index is -1.23. The van der Waals surface area contributed by atoms with Crippen molar-refractivity contribution in [2.75, 3.05) is 13.6 Å². The standard InChI is InChI=1S/C21H25NO6/c1-22(9-10-2-3-10)15-6-11-13(24)7-14(25)18-17(11)20(8-16(22)26)19(28-18)12(23)4-5-21(15,20)27/h7,10,15-16,19,26-27H,2-6,8-9H2,1H3,(H-,24,25)/p+1/t15-,16?,19+,20+,21-,22-/m1/s1. The van der Waals surface area contributed by atoms with Crippen LogP contribution in [0.3, 0.4) is 0 Å². The fourth-order valence-corrected chi connectivity index (χ4v) is 6.99. The first-order chi connectivity index (χ1) is 13.2. The lowest BCUT2D eigenvalue weighted by Gasteiger charge is -2.65. The number of likely N-dealkylation sites (tertiary alicyclic amines) is 1. The first-order valence-corrected chi connectivity index (χ1v) is 10.3. The number of carbonyl (C=O) groups is 1. The van der Waals surface area contributed by atoms with E-state index in [1.165, 1.54) is 6.07 Å². The van der Waals surface area contributed by atoms with Crippen LogP contribution < -0.4 is 4.74 Å². The first-order valence-electron chi connectivity index (χ1n) is 10.3. The van der Waals surface area contributed by atoms with Crippen molar-refractivity contribution >= 4 is 5.78 Å². The van der Waals surface area contributed by atoms with Crippen molar-refractivity contribution < 1.29 is 34.4 Å². The summed E-state index contributed by atoms with van der Waals surface area (Å²) >= 11 is 0. The SMILES string of the molecule is C[N@+]1(CC2CC2)C(O)C[C@]23c4c5c(O)cc(O)c4O[C@H]2C(=O)CC[C@@]3(O)[C@H]1C5. The van der Waals surface area contributed by atoms with Gasteiger partial charge in [-0.1, -0.05) is 0 Å². The molecule has 3 aliphatic carbocycles. The lowest BCUT2D eigenvalue weighted by atomic mass is 9.48. The number of quaternary nitrogens is 1. The van der Waals surface area contributed by atoms with Crippen LogP contribution >= 0.6 is 0 Å². The van der Waals surface area contributed by atoms with Crippen molar-refractivity contribution in [3.63, 3.8) is 0 Å². The van der Waals surface area contributed by atoms with E-state index in [0.717, 1.165) is 19.4 Å². The average Bonchev–Trinajstić information content (AvgIpc) is 3.36. The lowest BCUT2D eigenvalue weighted by Crippen LogP contribution is -2.83. The van der Waals surface area contributed by atoms with Gasteiger partial charge in [0, 0.05) is 42.4 Å². The van der Waals surface area contributed by atoms with Gasteiger partial charge in [0.05, 0.1) is 19.0 Å². The Hall–Kier alpha value is -1.83. The minimum Gasteiger partial charge on any atom is -0.508 e. The number of likely N-dealkylation sites (N-methyl/N-ethyl adjacent to an activating group) is 1. The molecule has 4 N–H and O–H groups in total. The highest BCUT2D eigenvalue weighted by Crippen LogP contribution is 2.67. The Morgan fingerprint density at radius 3 is 2.75 bits per heavy atom. The molecule has 6 atom stereocenters. The summed E-state index contributed by atoms with van der Waals surface area (Å²) in [5, 5.41) is 44.6. The maximum atomic E-state index is 12.8. The summed E-state index contributed by atoms with van der Waals surface area (Å²) in [5.74, 6) is 0.374. The first kappa shape index (κ1) is 17.1. The highest BCUT2D eigenvalue weighted by atomic mass is 16.5. The molecule has 28 heavy (non-hydrogen) atoms. The molecule has 0 amide bonds. The normalized spacial score (nSPS) is 45.5. The molecular formula is C21H26NO6+. The molecule has 0 aromatic heterocycles. The molecule has 150 valence electrons. The Kier molecular flexibility index (Phi) is 2.94. The Morgan fingerprint density at radius 2 is 2.04 bits per heavy atom. The highest BCUT2D eigenvalue weighted by Gasteiger charge is 2.78. The van der Waals surface area contributed by atoms with Crippen molar-refractivity contribution in [3.05, 3.63) is 17.2 Å². The second kappa shape index (κ2) is 4.83. The van der Waals surface area contributed by atoms with E-state index in [1.54, 1.807) is 0 Å². The van der Waals surface area contributed by atoms with Crippen LogP contribution in [0, 0.1) is 5.92 Å². The van der Waals surface area contributed by atoms with E-state index in [9.17, 15) is 25.2 Å². The maximum absolute atomic E-state index is 12.8. The monoisotopic (exact) mass is 388 g/mol. The van der Waals surface area contributed by atoms with Gasteiger partial charge in [0.15, 0.2) is 29.6 Å². The number of ketones is 1. The Morgan fingerprint density at radius 1 is 1.29 bits per heavy atom. The number of Topliss-reactive ketones (excluding diaryl/α,β-unsaturated/α-hetero) is 1. The maximum Gasteiger partial charge on any atom is 0.191 e. The Balaban J connectivity index is 1.65. The number of hydrogen-bond acceptors (Lipinski definition) is 6. The molecule has 6 rings (SSSR count). The number of ether oxygens (including phenoxy) is 1. The van der Waals surface area contributed by atoms with Crippen LogP contribution in [0.25, 0.3) is 0 Å². The highest BCUT2D eigenvalue weighted by molar-refractivity contribution is 5.90. The summed E-state index contributed by atoms with van der Waals surface area (Å²) in [7, 11) is 2.00. The fraction of sp³-hybridized carbons (Fsp3) is 0.667. The van der Waals surface area contributed by atoms with Gasteiger partial charge in [-0.05, 0) is 19.3 Å². The second-order valence-electron chi connectivity index (χ2n) is 9.83. The van der Waals surface area contributed by atoms with Crippen molar-refractivity contribution in [2.24, 2.45) is 5.92 Å². The van der Waals surface area contributed by atoms with E-state index >= 15 is 0 Å². The number of carbonyl (C=O) groups excluding carboxylic acids is 1. The predicted molar refractivity (Wildman–Crippen MR) is 96.9 cm³/mol. The van der Waals surface area contributed by atoms with Crippen molar-refractivity contribution in [1.29, 1.82) is 0 Å². The summed E-state index contributed by atoms with van der Waals surface area (Å²) in [6, 6.07) is 0.930. The van der Waals surface area contributed by atoms with Gasteiger partial charge >= 0.3 is 0 Å². The predicted octanol–water partition coefficient (Wildman–Crippen LogP) is 0.694. The van der Waals surface area contributed by atoms with Crippen LogP contribution in [-0.2, 0) is 16.6 Å². The summed E-state index contributed by atoms with van der Waals surface area (Å²) in [4.78, 5) is 12.8. The molecule has 5 aliphatic rings. The number of rotatable bonds is 2. The van der Waals surface area contributed by atoms with Gasteiger partial charge in [0.25, 0.3) is 0 Å². The van der Waals surface area contributed by atoms with Crippen LogP contribution in [0.2, 0.25) is 0 Å². The molecule has 2 saturated carbocycles. The van der Waals surface area contributed by atoms with E-state index in [2.05, 4.69) is 0 Å². The van der Waals surface area contributed by atoms with E-state index in [4.69, 9.17) is 4.74 Å². The van der Waals surface area contributed by atoms with Gasteiger partial charge in [-0.2, -0.15) is 0 Å². The van der Waals surface area contributed by atoms with Crippen LogP contribution in [0.5, 0.6) is 17.2 Å².